The van der Waals surface area contributed by atoms with E-state index in [1.807, 2.05) is 32.8 Å². The van der Waals surface area contributed by atoms with E-state index in [2.05, 4.69) is 59.8 Å². The first-order chi connectivity index (χ1) is 35.5. The minimum absolute atomic E-state index is 0.0499. The number of nitrogens with zero attached hydrogens (tertiary/aromatic N) is 3. The van der Waals surface area contributed by atoms with Crippen LogP contribution in [0.3, 0.4) is 0 Å². The van der Waals surface area contributed by atoms with E-state index in [1.54, 1.807) is 6.92 Å². The molecule has 1 aromatic rings. The number of nitrogens with one attached hydrogen (secondary N) is 9. The molecule has 0 bridgehead atoms. The number of oxazole rings is 1. The van der Waals surface area contributed by atoms with Crippen LogP contribution in [0, 0.1) is 12.8 Å². The minimum Gasteiger partial charge on any atom is -0.448 e. The van der Waals surface area contributed by atoms with Crippen molar-refractivity contribution in [3.05, 3.63) is 17.8 Å². The molecule has 1 aromatic heterocycles. The van der Waals surface area contributed by atoms with Gasteiger partial charge in [0.15, 0.2) is 11.6 Å². The molecule has 2 aliphatic rings. The van der Waals surface area contributed by atoms with Crippen LogP contribution in [-0.2, 0) is 43.2 Å². The highest BCUT2D eigenvalue weighted by Gasteiger charge is 2.41. The number of unbranched alkanes of at least 4 members (excludes halogenated alkanes) is 5. The van der Waals surface area contributed by atoms with Crippen LogP contribution in [0.25, 0.3) is 0 Å². The van der Waals surface area contributed by atoms with Gasteiger partial charge in [0.25, 0.3) is 5.91 Å². The van der Waals surface area contributed by atoms with Crippen molar-refractivity contribution in [2.75, 3.05) is 46.8 Å². The average Bonchev–Trinajstić information content (AvgIpc) is 4.11. The predicted molar refractivity (Wildman–Crippen MR) is 285 cm³/mol. The molecule has 1 saturated carbocycles. The summed E-state index contributed by atoms with van der Waals surface area (Å²) in [6.45, 7) is 16.1. The molecule has 3 rings (SSSR count). The van der Waals surface area contributed by atoms with Crippen molar-refractivity contribution < 1.29 is 52.4 Å². The number of aryl methyl sites for hydroxylation is 1. The molecule has 2 fully saturated rings. The topological polar surface area (TPSA) is 311 Å². The fourth-order valence-corrected chi connectivity index (χ4v) is 9.42. The zero-order valence-electron chi connectivity index (χ0n) is 47.4. The summed E-state index contributed by atoms with van der Waals surface area (Å²) in [5, 5.41) is 24.3. The van der Waals surface area contributed by atoms with Gasteiger partial charge in [-0.2, -0.15) is 0 Å². The Morgan fingerprint density at radius 3 is 1.95 bits per heavy atom. The van der Waals surface area contributed by atoms with Gasteiger partial charge >= 0.3 is 0 Å². The summed E-state index contributed by atoms with van der Waals surface area (Å²) in [5.74, 6) is -5.64. The Hall–Kier alpha value is -6.13. The van der Waals surface area contributed by atoms with Gasteiger partial charge in [-0.15, -0.1) is 0 Å². The second kappa shape index (κ2) is 29.4. The van der Waals surface area contributed by atoms with Crippen LogP contribution in [0.2, 0.25) is 0 Å². The third kappa shape index (κ3) is 20.8. The van der Waals surface area contributed by atoms with Crippen molar-refractivity contribution in [1.82, 2.24) is 62.6 Å². The Morgan fingerprint density at radius 1 is 0.724 bits per heavy atom. The van der Waals surface area contributed by atoms with Gasteiger partial charge in [-0.1, -0.05) is 72.1 Å². The Balaban J connectivity index is 1.52. The maximum atomic E-state index is 13.7. The van der Waals surface area contributed by atoms with Crippen molar-refractivity contribution in [2.45, 2.75) is 206 Å². The monoisotopic (exact) mass is 1070 g/mol. The molecule has 10 amide bonds. The average molecular weight is 1070 g/mol. The molecule has 1 aliphatic heterocycles. The lowest BCUT2D eigenvalue weighted by atomic mass is 9.96. The minimum atomic E-state index is -1.58. The summed E-state index contributed by atoms with van der Waals surface area (Å²) in [5.41, 5.74) is -4.79. The van der Waals surface area contributed by atoms with E-state index in [0.29, 0.717) is 31.7 Å². The number of amides is 10. The largest absolute Gasteiger partial charge is 0.448 e. The molecule has 0 unspecified atom stereocenters. The van der Waals surface area contributed by atoms with Crippen molar-refractivity contribution >= 4 is 59.1 Å². The van der Waals surface area contributed by atoms with Crippen molar-refractivity contribution in [1.29, 1.82) is 0 Å². The summed E-state index contributed by atoms with van der Waals surface area (Å²) >= 11 is 0. The Labute approximate surface area is 449 Å². The molecule has 0 aromatic carbocycles. The molecular formula is C53H90N12O11. The van der Waals surface area contributed by atoms with Crippen LogP contribution in [-0.4, -0.2) is 161 Å². The molecule has 23 heteroatoms. The fraction of sp³-hybridized carbons (Fsp3) is 0.755. The van der Waals surface area contributed by atoms with Crippen LogP contribution in [0.4, 0.5) is 0 Å². The summed E-state index contributed by atoms with van der Waals surface area (Å²) in [4.78, 5) is 141. The van der Waals surface area contributed by atoms with E-state index in [9.17, 15) is 47.9 Å². The number of aromatic nitrogens is 1. The van der Waals surface area contributed by atoms with Crippen LogP contribution < -0.4 is 47.9 Å². The van der Waals surface area contributed by atoms with Crippen molar-refractivity contribution in [3.8, 4) is 0 Å². The zero-order chi connectivity index (χ0) is 57.0. The first-order valence-electron chi connectivity index (χ1n) is 27.1. The highest BCUT2D eigenvalue weighted by atomic mass is 16.3. The second-order valence-corrected chi connectivity index (χ2v) is 22.8. The maximum absolute atomic E-state index is 13.7. The molecule has 1 aliphatic carbocycles. The number of likely N-dealkylation sites (tertiary alicyclic amines) is 1. The number of hydrogen-bond acceptors (Lipinski definition) is 13. The lowest BCUT2D eigenvalue weighted by Crippen LogP contribution is -2.64. The van der Waals surface area contributed by atoms with Crippen molar-refractivity contribution in [3.63, 3.8) is 0 Å². The predicted octanol–water partition coefficient (Wildman–Crippen LogP) is 1.77. The van der Waals surface area contributed by atoms with E-state index in [0.717, 1.165) is 64.3 Å². The van der Waals surface area contributed by atoms with Gasteiger partial charge in [-0.3, -0.25) is 47.9 Å². The molecule has 0 radical (unpaired) electrons. The van der Waals surface area contributed by atoms with Crippen LogP contribution in [0.15, 0.2) is 10.7 Å². The van der Waals surface area contributed by atoms with E-state index in [1.165, 1.54) is 52.7 Å². The van der Waals surface area contributed by atoms with Gasteiger partial charge in [0, 0.05) is 33.0 Å². The lowest BCUT2D eigenvalue weighted by molar-refractivity contribution is -0.138. The van der Waals surface area contributed by atoms with E-state index >= 15 is 0 Å². The molecule has 428 valence electrons. The van der Waals surface area contributed by atoms with Crippen LogP contribution in [0.5, 0.6) is 0 Å². The molecule has 76 heavy (non-hydrogen) atoms. The van der Waals surface area contributed by atoms with Crippen molar-refractivity contribution in [2.24, 2.45) is 5.92 Å². The Morgan fingerprint density at radius 2 is 1.33 bits per heavy atom. The molecule has 9 N–H and O–H groups in total. The highest BCUT2D eigenvalue weighted by Crippen LogP contribution is 2.30. The molecule has 3 atom stereocenters. The SMILES string of the molecule is CCCCCCCC[C@H](NC(=O)[C@@H]1CCCN1C(=O)c1coc(C)n1)C(=O)NCC(=O)NC(C)(C)C(=O)NCC(=O)N[C@@H](CC(C)C)C(=O)NC(C)(C)C(=O)NC(C)(C)C(=O)NCCC(=O)NC1(CN(C)C)CCCC1. The highest BCUT2D eigenvalue weighted by molar-refractivity contribution is 6.00. The fourth-order valence-electron chi connectivity index (χ4n) is 9.42. The second-order valence-electron chi connectivity index (χ2n) is 22.8. The molecule has 1 saturated heterocycles. The van der Waals surface area contributed by atoms with Gasteiger partial charge in [-0.05, 0) is 100 Å². The molecule has 23 nitrogen and oxygen atoms in total. The van der Waals surface area contributed by atoms with Gasteiger partial charge in [0.1, 0.15) is 41.0 Å². The van der Waals surface area contributed by atoms with E-state index in [4.69, 9.17) is 4.42 Å². The maximum Gasteiger partial charge on any atom is 0.276 e. The van der Waals surface area contributed by atoms with E-state index in [-0.39, 0.29) is 48.9 Å². The van der Waals surface area contributed by atoms with Gasteiger partial charge in [0.05, 0.1) is 18.6 Å². The number of carbonyl (C=O) groups excluding carboxylic acids is 10. The lowest BCUT2D eigenvalue weighted by Gasteiger charge is -2.34. The summed E-state index contributed by atoms with van der Waals surface area (Å²) in [6.07, 6.45) is 12.2. The smallest absolute Gasteiger partial charge is 0.276 e. The standard InChI is InChI=1S/C53H90N12O11/c1-13-14-15-16-17-18-22-36(59-45(71)39-23-21-28-65(39)46(72)38-32-76-35(4)57-38)43(69)55-31-42(68)60-50(5,6)48(74)56-30-41(67)58-37(29-34(2)3)44(70)62-52(9,10)49(75)63-51(7,8)47(73)54-27-24-40(66)61-53(33-64(11)12)25-19-20-26-53/h32,34,36-37,39H,13-31,33H2,1-12H3,(H,54,73)(H,55,69)(H,56,74)(H,58,67)(H,59,71)(H,60,68)(H,61,66)(H,62,70)(H,63,75)/t36-,37-,39-/m0/s1. The third-order valence-electron chi connectivity index (χ3n) is 13.6. The van der Waals surface area contributed by atoms with Crippen LogP contribution >= 0.6 is 0 Å². The van der Waals surface area contributed by atoms with E-state index < -0.39 is 101 Å². The quantitative estimate of drug-likeness (QED) is 0.0480. The normalized spacial score (nSPS) is 16.3. The van der Waals surface area contributed by atoms with Gasteiger partial charge < -0.3 is 62.1 Å². The summed E-state index contributed by atoms with van der Waals surface area (Å²) in [7, 11) is 3.93. The Bertz CT molecular complexity index is 2180. The van der Waals surface area contributed by atoms with Gasteiger partial charge in [-0.25, -0.2) is 4.98 Å². The number of rotatable bonds is 31. The van der Waals surface area contributed by atoms with Gasteiger partial charge in [0.2, 0.25) is 53.2 Å². The third-order valence-corrected chi connectivity index (χ3v) is 13.6. The first kappa shape index (κ1) is 64.2. The number of carbonyl (C=O) groups is 10. The molecular weight excluding hydrogens is 981 g/mol. The first-order valence-corrected chi connectivity index (χ1v) is 27.1. The number of likely N-dealkylation sites (N-methyl/N-ethyl adjacent to an activating group) is 1. The molecule has 2 heterocycles. The zero-order valence-corrected chi connectivity index (χ0v) is 47.4. The number of hydrogen-bond donors (Lipinski definition) is 9. The summed E-state index contributed by atoms with van der Waals surface area (Å²) in [6, 6.07) is -2.97. The van der Waals surface area contributed by atoms with Crippen LogP contribution in [0.1, 0.15) is 175 Å². The molecule has 0 spiro atoms. The summed E-state index contributed by atoms with van der Waals surface area (Å²) < 4.78 is 5.19. The Kier molecular flexibility index (Phi) is 24.8.